The molecule has 29 heavy (non-hydrogen) atoms. The van der Waals surface area contributed by atoms with Gasteiger partial charge in [-0.3, -0.25) is 14.4 Å². The van der Waals surface area contributed by atoms with Gasteiger partial charge in [-0.05, 0) is 58.6 Å². The third-order valence-corrected chi connectivity index (χ3v) is 6.09. The maximum Gasteiger partial charge on any atom is 0.274 e. The Hall–Kier alpha value is -2.72. The normalized spacial score (nSPS) is 16.6. The lowest BCUT2D eigenvalue weighted by Gasteiger charge is -2.42. The van der Waals surface area contributed by atoms with Gasteiger partial charge in [0.15, 0.2) is 5.78 Å². The monoisotopic (exact) mass is 391 g/mol. The van der Waals surface area contributed by atoms with Crippen molar-refractivity contribution < 1.29 is 14.4 Å². The van der Waals surface area contributed by atoms with E-state index in [1.54, 1.807) is 30.3 Å². The predicted octanol–water partition coefficient (Wildman–Crippen LogP) is 5.20. The molecule has 0 atom stereocenters. The van der Waals surface area contributed by atoms with Crippen LogP contribution in [0.5, 0.6) is 0 Å². The van der Waals surface area contributed by atoms with Gasteiger partial charge < -0.3 is 0 Å². The van der Waals surface area contributed by atoms with Crippen molar-refractivity contribution in [1.29, 1.82) is 0 Å². The van der Waals surface area contributed by atoms with Gasteiger partial charge in [0.05, 0.1) is 7.11 Å². The molecular formula is C25H29NO3. The third kappa shape index (κ3) is 3.90. The fraction of sp³-hybridized carbons (Fsp3) is 0.360. The summed E-state index contributed by atoms with van der Waals surface area (Å²) in [6.45, 7) is 13.0. The molecule has 0 fully saturated rings. The third-order valence-electron chi connectivity index (χ3n) is 6.09. The number of nitrogens with one attached hydrogen (secondary N) is 1. The quantitative estimate of drug-likeness (QED) is 0.563. The van der Waals surface area contributed by atoms with E-state index in [0.29, 0.717) is 16.7 Å². The lowest BCUT2D eigenvalue weighted by atomic mass is 9.62. The minimum atomic E-state index is -0.351. The topological polar surface area (TPSA) is 55.4 Å². The molecule has 0 aliphatic heterocycles. The Morgan fingerprint density at radius 1 is 0.966 bits per heavy atom. The summed E-state index contributed by atoms with van der Waals surface area (Å²) in [6.07, 6.45) is 3.95. The molecule has 2 aromatic rings. The fourth-order valence-electron chi connectivity index (χ4n) is 4.08. The minimum absolute atomic E-state index is 0.0156. The smallest absolute Gasteiger partial charge is 0.274 e. The van der Waals surface area contributed by atoms with Gasteiger partial charge in [0.25, 0.3) is 5.91 Å². The average molecular weight is 392 g/mol. The Morgan fingerprint density at radius 2 is 1.48 bits per heavy atom. The number of benzene rings is 2. The molecule has 1 aliphatic carbocycles. The van der Waals surface area contributed by atoms with Crippen LogP contribution < -0.4 is 5.48 Å². The van der Waals surface area contributed by atoms with Gasteiger partial charge in [0, 0.05) is 16.7 Å². The van der Waals surface area contributed by atoms with Crippen molar-refractivity contribution in [3.05, 3.63) is 76.4 Å². The number of hydroxylamine groups is 1. The van der Waals surface area contributed by atoms with Crippen LogP contribution >= 0.6 is 0 Å². The highest BCUT2D eigenvalue weighted by Gasteiger charge is 2.38. The molecular weight excluding hydrogens is 362 g/mol. The number of fused-ring (bicyclic) bond motifs is 1. The van der Waals surface area contributed by atoms with E-state index in [9.17, 15) is 9.59 Å². The van der Waals surface area contributed by atoms with Crippen molar-refractivity contribution in [2.75, 3.05) is 7.11 Å². The largest absolute Gasteiger partial charge is 0.289 e. The molecule has 0 aromatic heterocycles. The molecule has 0 spiro atoms. The molecule has 2 aromatic carbocycles. The molecule has 0 unspecified atom stereocenters. The van der Waals surface area contributed by atoms with E-state index >= 15 is 0 Å². The molecule has 0 saturated carbocycles. The van der Waals surface area contributed by atoms with Crippen LogP contribution in [-0.2, 0) is 15.7 Å². The van der Waals surface area contributed by atoms with Crippen LogP contribution in [-0.4, -0.2) is 18.8 Å². The SMILES string of the molecule is C=Cc1cc2c(cc1C(=O)c1ccc(C(=O)NOC)cc1)C(C)(C)CCC2(C)C. The van der Waals surface area contributed by atoms with Crippen LogP contribution in [0, 0.1) is 0 Å². The highest BCUT2D eigenvalue weighted by atomic mass is 16.6. The Bertz CT molecular complexity index is 968. The fourth-order valence-corrected chi connectivity index (χ4v) is 4.08. The maximum atomic E-state index is 13.3. The Labute approximate surface area is 172 Å². The molecule has 152 valence electrons. The van der Waals surface area contributed by atoms with Crippen molar-refractivity contribution in [2.45, 2.75) is 51.4 Å². The van der Waals surface area contributed by atoms with Crippen LogP contribution in [0.25, 0.3) is 6.08 Å². The van der Waals surface area contributed by atoms with E-state index in [4.69, 9.17) is 0 Å². The first-order valence-electron chi connectivity index (χ1n) is 9.90. The second-order valence-corrected chi connectivity index (χ2v) is 9.00. The van der Waals surface area contributed by atoms with Gasteiger partial charge in [0.1, 0.15) is 0 Å². The van der Waals surface area contributed by atoms with Crippen LogP contribution in [0.15, 0.2) is 43.0 Å². The Balaban J connectivity index is 2.06. The van der Waals surface area contributed by atoms with Gasteiger partial charge in [-0.15, -0.1) is 0 Å². The molecule has 4 heteroatoms. The van der Waals surface area contributed by atoms with Crippen molar-refractivity contribution in [3.8, 4) is 0 Å². The zero-order valence-corrected chi connectivity index (χ0v) is 17.9. The summed E-state index contributed by atoms with van der Waals surface area (Å²) < 4.78 is 0. The van der Waals surface area contributed by atoms with E-state index in [-0.39, 0.29) is 22.5 Å². The molecule has 0 saturated heterocycles. The van der Waals surface area contributed by atoms with E-state index in [1.165, 1.54) is 18.2 Å². The number of hydrogen-bond donors (Lipinski definition) is 1. The molecule has 4 nitrogen and oxygen atoms in total. The van der Waals surface area contributed by atoms with Gasteiger partial charge in [-0.25, -0.2) is 5.48 Å². The lowest BCUT2D eigenvalue weighted by Crippen LogP contribution is -2.34. The number of ketones is 1. The lowest BCUT2D eigenvalue weighted by molar-refractivity contribution is 0.0537. The highest BCUT2D eigenvalue weighted by Crippen LogP contribution is 2.46. The van der Waals surface area contributed by atoms with Crippen molar-refractivity contribution in [3.63, 3.8) is 0 Å². The van der Waals surface area contributed by atoms with Crippen molar-refractivity contribution in [2.24, 2.45) is 0 Å². The maximum absolute atomic E-state index is 13.3. The predicted molar refractivity (Wildman–Crippen MR) is 116 cm³/mol. The molecule has 1 amide bonds. The Morgan fingerprint density at radius 3 is 2.00 bits per heavy atom. The average Bonchev–Trinajstić information content (AvgIpc) is 2.70. The zero-order chi connectivity index (χ0) is 21.4. The van der Waals surface area contributed by atoms with Crippen LogP contribution in [0.2, 0.25) is 0 Å². The number of amides is 1. The number of hydrogen-bond acceptors (Lipinski definition) is 3. The van der Waals surface area contributed by atoms with E-state index < -0.39 is 0 Å². The van der Waals surface area contributed by atoms with E-state index in [1.807, 2.05) is 0 Å². The molecule has 1 aliphatic rings. The number of carbonyl (C=O) groups excluding carboxylic acids is 2. The van der Waals surface area contributed by atoms with Crippen molar-refractivity contribution >= 4 is 17.8 Å². The van der Waals surface area contributed by atoms with E-state index in [2.05, 4.69) is 56.7 Å². The Kier molecular flexibility index (Phi) is 5.50. The van der Waals surface area contributed by atoms with Gasteiger partial charge >= 0.3 is 0 Å². The molecule has 0 bridgehead atoms. The molecule has 0 radical (unpaired) electrons. The summed E-state index contributed by atoms with van der Waals surface area (Å²) in [5.41, 5.74) is 7.36. The first-order valence-corrected chi connectivity index (χ1v) is 9.90. The van der Waals surface area contributed by atoms with Crippen LogP contribution in [0.4, 0.5) is 0 Å². The molecule has 0 heterocycles. The summed E-state index contributed by atoms with van der Waals surface area (Å²) in [5, 5.41) is 0. The van der Waals surface area contributed by atoms with Gasteiger partial charge in [-0.1, -0.05) is 58.5 Å². The minimum Gasteiger partial charge on any atom is -0.289 e. The second-order valence-electron chi connectivity index (χ2n) is 9.00. The molecule has 3 rings (SSSR count). The number of rotatable bonds is 5. The summed E-state index contributed by atoms with van der Waals surface area (Å²) in [6, 6.07) is 10.8. The van der Waals surface area contributed by atoms with Gasteiger partial charge in [-0.2, -0.15) is 0 Å². The zero-order valence-electron chi connectivity index (χ0n) is 17.9. The first-order chi connectivity index (χ1) is 13.6. The summed E-state index contributed by atoms with van der Waals surface area (Å²) in [7, 11) is 1.38. The van der Waals surface area contributed by atoms with Crippen LogP contribution in [0.1, 0.15) is 83.5 Å². The van der Waals surface area contributed by atoms with Crippen LogP contribution in [0.3, 0.4) is 0 Å². The highest BCUT2D eigenvalue weighted by molar-refractivity contribution is 6.11. The van der Waals surface area contributed by atoms with E-state index in [0.717, 1.165) is 18.4 Å². The van der Waals surface area contributed by atoms with Crippen molar-refractivity contribution in [1.82, 2.24) is 5.48 Å². The second kappa shape index (κ2) is 7.60. The summed E-state index contributed by atoms with van der Waals surface area (Å²) in [5.74, 6) is -0.420. The standard InChI is InChI=1S/C25H29NO3/c1-7-16-14-20-21(25(4,5)13-12-24(20,2)3)15-19(16)22(27)17-8-10-18(11-9-17)23(28)26-29-6/h7-11,14-15H,1,12-13H2,2-6H3,(H,26,28). The summed E-state index contributed by atoms with van der Waals surface area (Å²) in [4.78, 5) is 29.8. The summed E-state index contributed by atoms with van der Waals surface area (Å²) >= 11 is 0. The van der Waals surface area contributed by atoms with Gasteiger partial charge in [0.2, 0.25) is 0 Å². The number of carbonyl (C=O) groups is 2. The first kappa shape index (κ1) is 21.0. The molecule has 1 N–H and O–H groups in total.